The number of ketones is 1. The highest BCUT2D eigenvalue weighted by Gasteiger charge is 2.29. The Kier molecular flexibility index (Phi) is 3.81. The Morgan fingerprint density at radius 1 is 1.45 bits per heavy atom. The highest BCUT2D eigenvalue weighted by atomic mass is 16.5. The van der Waals surface area contributed by atoms with E-state index in [9.17, 15) is 9.59 Å². The fourth-order valence-corrected chi connectivity index (χ4v) is 2.75. The van der Waals surface area contributed by atoms with E-state index in [1.807, 2.05) is 6.92 Å². The molecule has 2 aromatic rings. The third kappa shape index (κ3) is 2.43. The number of piperazine rings is 1. The van der Waals surface area contributed by atoms with Crippen LogP contribution in [0.15, 0.2) is 18.5 Å². The number of pyridine rings is 1. The standard InChI is InChI=1S/C15H18N4O3/c1-9-8-19(6-5-16-9)15(21)13(20)10-7-18-14-12(10)11(22-2)3-4-17-14/h3-4,7,9,16H,5-6,8H2,1-2H3,(H,17,18)/t9-/m1/s1. The largest absolute Gasteiger partial charge is 0.496 e. The molecule has 1 fully saturated rings. The van der Waals surface area contributed by atoms with E-state index in [-0.39, 0.29) is 6.04 Å². The van der Waals surface area contributed by atoms with E-state index in [0.717, 1.165) is 0 Å². The van der Waals surface area contributed by atoms with Crippen molar-refractivity contribution in [2.75, 3.05) is 26.7 Å². The van der Waals surface area contributed by atoms with E-state index in [2.05, 4.69) is 15.3 Å². The normalized spacial score (nSPS) is 18.5. The second-order valence-corrected chi connectivity index (χ2v) is 5.37. The summed E-state index contributed by atoms with van der Waals surface area (Å²) in [5.41, 5.74) is 0.834. The van der Waals surface area contributed by atoms with Gasteiger partial charge in [0.1, 0.15) is 11.4 Å². The first-order chi connectivity index (χ1) is 10.6. The van der Waals surface area contributed by atoms with E-state index in [1.165, 1.54) is 13.3 Å². The Labute approximate surface area is 127 Å². The zero-order valence-electron chi connectivity index (χ0n) is 12.5. The van der Waals surface area contributed by atoms with Gasteiger partial charge in [0, 0.05) is 38.1 Å². The Morgan fingerprint density at radius 2 is 2.27 bits per heavy atom. The summed E-state index contributed by atoms with van der Waals surface area (Å²) in [6.07, 6.45) is 3.11. The van der Waals surface area contributed by atoms with Crippen molar-refractivity contribution in [2.24, 2.45) is 0 Å². The number of fused-ring (bicyclic) bond motifs is 1. The maximum atomic E-state index is 12.6. The summed E-state index contributed by atoms with van der Waals surface area (Å²) in [6.45, 7) is 3.75. The molecule has 0 aromatic carbocycles. The summed E-state index contributed by atoms with van der Waals surface area (Å²) in [6, 6.07) is 1.86. The Hall–Kier alpha value is -2.41. The van der Waals surface area contributed by atoms with Crippen molar-refractivity contribution in [3.05, 3.63) is 24.0 Å². The minimum Gasteiger partial charge on any atom is -0.496 e. The van der Waals surface area contributed by atoms with Crippen molar-refractivity contribution in [1.29, 1.82) is 0 Å². The summed E-state index contributed by atoms with van der Waals surface area (Å²) in [7, 11) is 1.52. The number of aromatic amines is 1. The molecule has 2 N–H and O–H groups in total. The molecule has 22 heavy (non-hydrogen) atoms. The molecule has 116 valence electrons. The van der Waals surface area contributed by atoms with E-state index in [0.29, 0.717) is 42.0 Å². The van der Waals surface area contributed by atoms with Gasteiger partial charge in [-0.2, -0.15) is 0 Å². The number of carbonyl (C=O) groups is 2. The van der Waals surface area contributed by atoms with Gasteiger partial charge in [0.25, 0.3) is 11.7 Å². The summed E-state index contributed by atoms with van der Waals surface area (Å²) < 4.78 is 5.27. The summed E-state index contributed by atoms with van der Waals surface area (Å²) in [5.74, 6) is -0.497. The minimum atomic E-state index is -0.536. The third-order valence-corrected chi connectivity index (χ3v) is 3.85. The zero-order chi connectivity index (χ0) is 15.7. The molecule has 1 aliphatic heterocycles. The lowest BCUT2D eigenvalue weighted by molar-refractivity contribution is -0.127. The van der Waals surface area contributed by atoms with Gasteiger partial charge in [0.2, 0.25) is 0 Å². The lowest BCUT2D eigenvalue weighted by Crippen LogP contribution is -2.53. The number of Topliss-reactive ketones (excluding diaryl/α,β-unsaturated/α-hetero) is 1. The molecule has 0 radical (unpaired) electrons. The molecule has 7 heteroatoms. The number of ether oxygens (including phenoxy) is 1. The van der Waals surface area contributed by atoms with Gasteiger partial charge in [0.15, 0.2) is 0 Å². The molecule has 3 rings (SSSR count). The summed E-state index contributed by atoms with van der Waals surface area (Å²) in [5, 5.41) is 3.79. The van der Waals surface area contributed by atoms with E-state index < -0.39 is 11.7 Å². The van der Waals surface area contributed by atoms with Gasteiger partial charge < -0.3 is 19.9 Å². The number of carbonyl (C=O) groups excluding carboxylic acids is 2. The maximum absolute atomic E-state index is 12.6. The molecule has 0 bridgehead atoms. The van der Waals surface area contributed by atoms with Crippen LogP contribution in [0.5, 0.6) is 5.75 Å². The van der Waals surface area contributed by atoms with Gasteiger partial charge in [-0.1, -0.05) is 0 Å². The Morgan fingerprint density at radius 3 is 3.00 bits per heavy atom. The van der Waals surface area contributed by atoms with Gasteiger partial charge in [-0.05, 0) is 13.0 Å². The molecular weight excluding hydrogens is 284 g/mol. The van der Waals surface area contributed by atoms with Crippen molar-refractivity contribution in [3.8, 4) is 5.75 Å². The van der Waals surface area contributed by atoms with Gasteiger partial charge >= 0.3 is 0 Å². The smallest absolute Gasteiger partial charge is 0.295 e. The Balaban J connectivity index is 1.93. The van der Waals surface area contributed by atoms with Gasteiger partial charge in [-0.25, -0.2) is 4.98 Å². The number of amides is 1. The van der Waals surface area contributed by atoms with Crippen LogP contribution in [-0.2, 0) is 4.79 Å². The van der Waals surface area contributed by atoms with Crippen molar-refractivity contribution < 1.29 is 14.3 Å². The van der Waals surface area contributed by atoms with E-state index in [1.54, 1.807) is 17.2 Å². The topological polar surface area (TPSA) is 87.3 Å². The molecule has 1 atom stereocenters. The van der Waals surface area contributed by atoms with Crippen LogP contribution in [0.4, 0.5) is 0 Å². The monoisotopic (exact) mass is 302 g/mol. The quantitative estimate of drug-likeness (QED) is 0.639. The first kappa shape index (κ1) is 14.5. The Bertz CT molecular complexity index is 725. The number of H-pyrrole nitrogens is 1. The molecule has 7 nitrogen and oxygen atoms in total. The zero-order valence-corrected chi connectivity index (χ0v) is 12.5. The van der Waals surface area contributed by atoms with Gasteiger partial charge in [-0.3, -0.25) is 9.59 Å². The van der Waals surface area contributed by atoms with Crippen LogP contribution in [0.3, 0.4) is 0 Å². The van der Waals surface area contributed by atoms with Crippen molar-refractivity contribution in [3.63, 3.8) is 0 Å². The van der Waals surface area contributed by atoms with Crippen LogP contribution < -0.4 is 10.1 Å². The molecule has 2 aromatic heterocycles. The average Bonchev–Trinajstić information content (AvgIpc) is 2.97. The predicted octanol–water partition coefficient (Wildman–Crippen LogP) is 0.574. The second-order valence-electron chi connectivity index (χ2n) is 5.37. The molecule has 1 aliphatic rings. The van der Waals surface area contributed by atoms with Gasteiger partial charge in [-0.15, -0.1) is 0 Å². The van der Waals surface area contributed by atoms with Crippen molar-refractivity contribution in [2.45, 2.75) is 13.0 Å². The van der Waals surface area contributed by atoms with Crippen LogP contribution in [-0.4, -0.2) is 59.3 Å². The molecule has 1 amide bonds. The molecule has 3 heterocycles. The van der Waals surface area contributed by atoms with E-state index in [4.69, 9.17) is 4.74 Å². The van der Waals surface area contributed by atoms with Crippen molar-refractivity contribution in [1.82, 2.24) is 20.2 Å². The number of aromatic nitrogens is 2. The number of hydrogen-bond acceptors (Lipinski definition) is 5. The molecule has 0 saturated carbocycles. The highest BCUT2D eigenvalue weighted by Crippen LogP contribution is 2.27. The van der Waals surface area contributed by atoms with Gasteiger partial charge in [0.05, 0.1) is 18.1 Å². The first-order valence-electron chi connectivity index (χ1n) is 7.19. The summed E-state index contributed by atoms with van der Waals surface area (Å²) in [4.78, 5) is 33.7. The number of hydrogen-bond donors (Lipinski definition) is 2. The van der Waals surface area contributed by atoms with Crippen LogP contribution in [0, 0.1) is 0 Å². The third-order valence-electron chi connectivity index (χ3n) is 3.85. The fourth-order valence-electron chi connectivity index (χ4n) is 2.75. The summed E-state index contributed by atoms with van der Waals surface area (Å²) >= 11 is 0. The number of nitrogens with one attached hydrogen (secondary N) is 2. The predicted molar refractivity (Wildman–Crippen MR) is 81.0 cm³/mol. The molecular formula is C15H18N4O3. The number of nitrogens with zero attached hydrogens (tertiary/aromatic N) is 2. The molecule has 0 spiro atoms. The van der Waals surface area contributed by atoms with E-state index >= 15 is 0 Å². The van der Waals surface area contributed by atoms with Crippen LogP contribution in [0.25, 0.3) is 11.0 Å². The SMILES string of the molecule is COc1ccnc2[nH]cc(C(=O)C(=O)N3CCN[C@H](C)C3)c12. The van der Waals surface area contributed by atoms with Crippen LogP contribution in [0.2, 0.25) is 0 Å². The fraction of sp³-hybridized carbons (Fsp3) is 0.400. The van der Waals surface area contributed by atoms with Crippen LogP contribution >= 0.6 is 0 Å². The second kappa shape index (κ2) is 5.76. The van der Waals surface area contributed by atoms with Crippen LogP contribution in [0.1, 0.15) is 17.3 Å². The molecule has 0 unspecified atom stereocenters. The number of methoxy groups -OCH3 is 1. The minimum absolute atomic E-state index is 0.185. The highest BCUT2D eigenvalue weighted by molar-refractivity contribution is 6.45. The lowest BCUT2D eigenvalue weighted by Gasteiger charge is -2.31. The lowest BCUT2D eigenvalue weighted by atomic mass is 10.1. The number of rotatable bonds is 3. The maximum Gasteiger partial charge on any atom is 0.295 e. The average molecular weight is 302 g/mol. The molecule has 1 saturated heterocycles. The molecule has 0 aliphatic carbocycles. The first-order valence-corrected chi connectivity index (χ1v) is 7.19. The van der Waals surface area contributed by atoms with Crippen molar-refractivity contribution >= 4 is 22.7 Å².